The quantitative estimate of drug-likeness (QED) is 0.429. The van der Waals surface area contributed by atoms with Crippen LogP contribution in [0.3, 0.4) is 0 Å². The second-order valence-corrected chi connectivity index (χ2v) is 3.74. The highest BCUT2D eigenvalue weighted by atomic mass is 32.2. The predicted molar refractivity (Wildman–Crippen MR) is 56.8 cm³/mol. The van der Waals surface area contributed by atoms with Crippen LogP contribution in [0.2, 0.25) is 0 Å². The molecule has 0 saturated carbocycles. The second-order valence-electron chi connectivity index (χ2n) is 2.57. The van der Waals surface area contributed by atoms with E-state index in [4.69, 9.17) is 4.84 Å². The molecule has 2 nitrogen and oxygen atoms in total. The fourth-order valence-electron chi connectivity index (χ4n) is 0.940. The summed E-state index contributed by atoms with van der Waals surface area (Å²) in [5.74, 6) is 1.10. The lowest BCUT2D eigenvalue weighted by molar-refractivity contribution is 0.0590. The van der Waals surface area contributed by atoms with E-state index in [1.165, 1.54) is 4.90 Å². The number of hydroxylamine groups is 1. The van der Waals surface area contributed by atoms with E-state index in [1.807, 2.05) is 17.8 Å². The number of thioether (sulfide) groups is 1. The Morgan fingerprint density at radius 2 is 2.08 bits per heavy atom. The van der Waals surface area contributed by atoms with Gasteiger partial charge in [-0.2, -0.15) is 0 Å². The molecule has 72 valence electrons. The van der Waals surface area contributed by atoms with E-state index in [0.29, 0.717) is 0 Å². The van der Waals surface area contributed by atoms with Crippen LogP contribution in [0.15, 0.2) is 35.2 Å². The lowest BCUT2D eigenvalue weighted by atomic mass is 10.4. The monoisotopic (exact) mass is 197 g/mol. The van der Waals surface area contributed by atoms with Crippen LogP contribution in [0.4, 0.5) is 0 Å². The van der Waals surface area contributed by atoms with E-state index in [0.717, 1.165) is 18.8 Å². The van der Waals surface area contributed by atoms with E-state index in [9.17, 15) is 0 Å². The van der Waals surface area contributed by atoms with Crippen LogP contribution in [0.1, 0.15) is 6.42 Å². The molecule has 1 aromatic rings. The number of hydrogen-bond donors (Lipinski definition) is 1. The van der Waals surface area contributed by atoms with Crippen molar-refractivity contribution in [2.24, 2.45) is 0 Å². The van der Waals surface area contributed by atoms with Crippen molar-refractivity contribution in [3.05, 3.63) is 30.3 Å². The van der Waals surface area contributed by atoms with Crippen molar-refractivity contribution in [1.82, 2.24) is 5.48 Å². The first-order chi connectivity index (χ1) is 6.43. The van der Waals surface area contributed by atoms with Gasteiger partial charge in [0.05, 0.1) is 6.61 Å². The average molecular weight is 197 g/mol. The van der Waals surface area contributed by atoms with Crippen molar-refractivity contribution in [3.8, 4) is 0 Å². The minimum atomic E-state index is 0.774. The predicted octanol–water partition coefficient (Wildman–Crippen LogP) is 2.32. The Hall–Kier alpha value is -0.510. The smallest absolute Gasteiger partial charge is 0.0690 e. The normalized spacial score (nSPS) is 10.2. The molecule has 1 N–H and O–H groups in total. The summed E-state index contributed by atoms with van der Waals surface area (Å²) in [6, 6.07) is 10.4. The molecular formula is C10H15NOS. The van der Waals surface area contributed by atoms with Crippen LogP contribution in [-0.2, 0) is 4.84 Å². The summed E-state index contributed by atoms with van der Waals surface area (Å²) < 4.78 is 0. The van der Waals surface area contributed by atoms with E-state index in [1.54, 1.807) is 7.05 Å². The van der Waals surface area contributed by atoms with Crippen molar-refractivity contribution in [3.63, 3.8) is 0 Å². The van der Waals surface area contributed by atoms with Gasteiger partial charge in [0.25, 0.3) is 0 Å². The summed E-state index contributed by atoms with van der Waals surface area (Å²) in [4.78, 5) is 6.33. The van der Waals surface area contributed by atoms with Crippen LogP contribution in [0, 0.1) is 0 Å². The highest BCUT2D eigenvalue weighted by Crippen LogP contribution is 2.17. The van der Waals surface area contributed by atoms with Gasteiger partial charge in [-0.05, 0) is 18.6 Å². The molecule has 3 heteroatoms. The van der Waals surface area contributed by atoms with Crippen LogP contribution >= 0.6 is 11.8 Å². The summed E-state index contributed by atoms with van der Waals surface area (Å²) in [5, 5.41) is 0. The first-order valence-electron chi connectivity index (χ1n) is 4.40. The van der Waals surface area contributed by atoms with Crippen molar-refractivity contribution < 1.29 is 4.84 Å². The molecule has 0 fully saturated rings. The fraction of sp³-hybridized carbons (Fsp3) is 0.400. The van der Waals surface area contributed by atoms with Crippen LogP contribution in [-0.4, -0.2) is 19.4 Å². The van der Waals surface area contributed by atoms with Gasteiger partial charge in [-0.15, -0.1) is 11.8 Å². The van der Waals surface area contributed by atoms with Gasteiger partial charge in [0, 0.05) is 17.7 Å². The number of rotatable bonds is 6. The largest absolute Gasteiger partial charge is 0.302 e. The molecule has 0 saturated heterocycles. The van der Waals surface area contributed by atoms with Crippen molar-refractivity contribution in [2.75, 3.05) is 19.4 Å². The molecule has 0 atom stereocenters. The van der Waals surface area contributed by atoms with Crippen molar-refractivity contribution in [2.45, 2.75) is 11.3 Å². The van der Waals surface area contributed by atoms with Gasteiger partial charge in [0.15, 0.2) is 0 Å². The van der Waals surface area contributed by atoms with E-state index in [2.05, 4.69) is 29.7 Å². The molecule has 0 heterocycles. The average Bonchev–Trinajstić information content (AvgIpc) is 2.19. The zero-order valence-electron chi connectivity index (χ0n) is 7.82. The molecule has 0 aliphatic rings. The lowest BCUT2D eigenvalue weighted by Crippen LogP contribution is -2.08. The SMILES string of the molecule is CNOCCCSc1ccccc1. The minimum Gasteiger partial charge on any atom is -0.302 e. The van der Waals surface area contributed by atoms with Gasteiger partial charge in [0.1, 0.15) is 0 Å². The topological polar surface area (TPSA) is 21.3 Å². The summed E-state index contributed by atoms with van der Waals surface area (Å²) in [6.07, 6.45) is 1.07. The molecule has 0 bridgehead atoms. The maximum atomic E-state index is 5.01. The summed E-state index contributed by atoms with van der Waals surface area (Å²) in [6.45, 7) is 0.774. The Bertz CT molecular complexity index is 215. The Morgan fingerprint density at radius 3 is 2.77 bits per heavy atom. The summed E-state index contributed by atoms with van der Waals surface area (Å²) in [7, 11) is 1.78. The second kappa shape index (κ2) is 6.95. The highest BCUT2D eigenvalue weighted by Gasteiger charge is 1.91. The lowest BCUT2D eigenvalue weighted by Gasteiger charge is -2.01. The minimum absolute atomic E-state index is 0.774. The molecule has 0 radical (unpaired) electrons. The third-order valence-corrected chi connectivity index (χ3v) is 2.65. The molecule has 1 rings (SSSR count). The van der Waals surface area contributed by atoms with Crippen LogP contribution in [0.5, 0.6) is 0 Å². The Balaban J connectivity index is 2.07. The molecule has 0 spiro atoms. The summed E-state index contributed by atoms with van der Waals surface area (Å²) in [5.41, 5.74) is 2.66. The zero-order valence-corrected chi connectivity index (χ0v) is 8.64. The molecular weight excluding hydrogens is 182 g/mol. The van der Waals surface area contributed by atoms with E-state index in [-0.39, 0.29) is 0 Å². The molecule has 0 aliphatic carbocycles. The Morgan fingerprint density at radius 1 is 1.31 bits per heavy atom. The first kappa shape index (κ1) is 10.6. The zero-order chi connectivity index (χ0) is 9.36. The first-order valence-corrected chi connectivity index (χ1v) is 5.38. The van der Waals surface area contributed by atoms with E-state index >= 15 is 0 Å². The fourth-order valence-corrected chi connectivity index (χ4v) is 1.79. The van der Waals surface area contributed by atoms with Gasteiger partial charge in [-0.1, -0.05) is 18.2 Å². The van der Waals surface area contributed by atoms with Crippen LogP contribution < -0.4 is 5.48 Å². The number of benzene rings is 1. The number of nitrogens with one attached hydrogen (secondary N) is 1. The van der Waals surface area contributed by atoms with Gasteiger partial charge >= 0.3 is 0 Å². The summed E-state index contributed by atoms with van der Waals surface area (Å²) >= 11 is 1.86. The highest BCUT2D eigenvalue weighted by molar-refractivity contribution is 7.99. The molecule has 0 aromatic heterocycles. The molecule has 0 amide bonds. The van der Waals surface area contributed by atoms with Crippen LogP contribution in [0.25, 0.3) is 0 Å². The Kier molecular flexibility index (Phi) is 5.65. The van der Waals surface area contributed by atoms with Gasteiger partial charge in [-0.3, -0.25) is 0 Å². The third-order valence-electron chi connectivity index (χ3n) is 1.55. The van der Waals surface area contributed by atoms with E-state index < -0.39 is 0 Å². The molecule has 1 aromatic carbocycles. The molecule has 13 heavy (non-hydrogen) atoms. The van der Waals surface area contributed by atoms with Gasteiger partial charge < -0.3 is 4.84 Å². The van der Waals surface area contributed by atoms with Crippen molar-refractivity contribution in [1.29, 1.82) is 0 Å². The maximum Gasteiger partial charge on any atom is 0.0690 e. The number of hydrogen-bond acceptors (Lipinski definition) is 3. The molecule has 0 unspecified atom stereocenters. The maximum absolute atomic E-state index is 5.01. The van der Waals surface area contributed by atoms with Gasteiger partial charge in [-0.25, -0.2) is 5.48 Å². The standard InChI is InChI=1S/C10H15NOS/c1-11-12-8-5-9-13-10-6-3-2-4-7-10/h2-4,6-7,11H,5,8-9H2,1H3. The van der Waals surface area contributed by atoms with Gasteiger partial charge in [0.2, 0.25) is 0 Å². The third kappa shape index (κ3) is 4.93. The van der Waals surface area contributed by atoms with Crippen molar-refractivity contribution >= 4 is 11.8 Å². The Labute approximate surface area is 83.6 Å². The molecule has 0 aliphatic heterocycles.